The Balaban J connectivity index is 1.54. The average molecular weight is 630 g/mol. The maximum Gasteiger partial charge on any atom is 0.282 e. The number of amides is 1. The van der Waals surface area contributed by atoms with E-state index in [1.165, 1.54) is 55.5 Å². The SMILES string of the molecule is CC(c1ccccc1OCCCNC(=O)c1ccccc1[N+](=O)[O-])N(c1cc(F)ccc1F)S(=O)(=O)c1ccc(Cl)cc1. The van der Waals surface area contributed by atoms with E-state index >= 15 is 4.39 Å². The first-order chi connectivity index (χ1) is 20.5. The number of halogens is 3. The lowest BCUT2D eigenvalue weighted by molar-refractivity contribution is -0.385. The summed E-state index contributed by atoms with van der Waals surface area (Å²) in [5.74, 6) is -2.10. The smallest absolute Gasteiger partial charge is 0.282 e. The number of nitrogens with one attached hydrogen (secondary N) is 1. The molecular formula is C30H26ClF2N3O6S. The van der Waals surface area contributed by atoms with E-state index in [1.807, 2.05) is 0 Å². The summed E-state index contributed by atoms with van der Waals surface area (Å²) >= 11 is 5.94. The van der Waals surface area contributed by atoms with Crippen molar-refractivity contribution in [1.29, 1.82) is 0 Å². The van der Waals surface area contributed by atoms with Gasteiger partial charge in [-0.3, -0.25) is 19.2 Å². The summed E-state index contributed by atoms with van der Waals surface area (Å²) in [6.07, 6.45) is 0.306. The molecule has 1 atom stereocenters. The molecule has 0 aliphatic carbocycles. The number of nitro benzene ring substituents is 1. The Morgan fingerprint density at radius 3 is 2.42 bits per heavy atom. The van der Waals surface area contributed by atoms with Crippen LogP contribution in [0.2, 0.25) is 5.02 Å². The number of rotatable bonds is 12. The van der Waals surface area contributed by atoms with Gasteiger partial charge in [-0.1, -0.05) is 41.9 Å². The number of carbonyl (C=O) groups excluding carboxylic acids is 1. The molecule has 0 aliphatic rings. The number of hydrogen-bond donors (Lipinski definition) is 1. The van der Waals surface area contributed by atoms with Crippen molar-refractivity contribution in [2.75, 3.05) is 17.5 Å². The summed E-state index contributed by atoms with van der Waals surface area (Å²) in [6.45, 7) is 1.74. The summed E-state index contributed by atoms with van der Waals surface area (Å²) in [7, 11) is -4.43. The fraction of sp³-hybridized carbons (Fsp3) is 0.167. The van der Waals surface area contributed by atoms with Crippen molar-refractivity contribution in [3.05, 3.63) is 129 Å². The molecule has 4 aromatic carbocycles. The van der Waals surface area contributed by atoms with Gasteiger partial charge in [-0.2, -0.15) is 0 Å². The highest BCUT2D eigenvalue weighted by atomic mass is 35.5. The molecule has 0 bridgehead atoms. The van der Waals surface area contributed by atoms with Crippen LogP contribution in [0.4, 0.5) is 20.2 Å². The summed E-state index contributed by atoms with van der Waals surface area (Å²) in [5.41, 5.74) is -0.506. The van der Waals surface area contributed by atoms with Crippen molar-refractivity contribution in [1.82, 2.24) is 5.32 Å². The van der Waals surface area contributed by atoms with Gasteiger partial charge in [0.1, 0.15) is 22.9 Å². The molecule has 1 amide bonds. The van der Waals surface area contributed by atoms with Crippen LogP contribution in [0.5, 0.6) is 5.75 Å². The highest BCUT2D eigenvalue weighted by Gasteiger charge is 2.34. The second-order valence-electron chi connectivity index (χ2n) is 9.30. The normalized spacial score (nSPS) is 11.9. The van der Waals surface area contributed by atoms with Crippen LogP contribution in [-0.4, -0.2) is 32.4 Å². The number of hydrogen-bond acceptors (Lipinski definition) is 6. The predicted molar refractivity (Wildman–Crippen MR) is 158 cm³/mol. The average Bonchev–Trinajstić information content (AvgIpc) is 2.99. The Labute approximate surface area is 251 Å². The van der Waals surface area contributed by atoms with Crippen LogP contribution >= 0.6 is 11.6 Å². The van der Waals surface area contributed by atoms with Gasteiger partial charge in [0.25, 0.3) is 21.6 Å². The van der Waals surface area contributed by atoms with E-state index in [0.29, 0.717) is 17.0 Å². The van der Waals surface area contributed by atoms with Crippen molar-refractivity contribution in [3.63, 3.8) is 0 Å². The van der Waals surface area contributed by atoms with Crippen LogP contribution in [0.1, 0.15) is 35.3 Å². The molecule has 0 aromatic heterocycles. The zero-order chi connectivity index (χ0) is 31.1. The van der Waals surface area contributed by atoms with Crippen LogP contribution in [-0.2, 0) is 10.0 Å². The van der Waals surface area contributed by atoms with E-state index in [4.69, 9.17) is 16.3 Å². The lowest BCUT2D eigenvalue weighted by atomic mass is 10.1. The van der Waals surface area contributed by atoms with Gasteiger partial charge in [0.05, 0.1) is 28.2 Å². The van der Waals surface area contributed by atoms with Gasteiger partial charge in [-0.15, -0.1) is 0 Å². The Morgan fingerprint density at radius 1 is 1.02 bits per heavy atom. The van der Waals surface area contributed by atoms with Gasteiger partial charge < -0.3 is 10.1 Å². The van der Waals surface area contributed by atoms with Crippen molar-refractivity contribution >= 4 is 38.9 Å². The molecule has 0 radical (unpaired) electrons. The molecule has 13 heteroatoms. The second kappa shape index (κ2) is 13.6. The van der Waals surface area contributed by atoms with Gasteiger partial charge in [0, 0.05) is 29.3 Å². The molecule has 224 valence electrons. The molecule has 43 heavy (non-hydrogen) atoms. The van der Waals surface area contributed by atoms with E-state index in [9.17, 15) is 27.7 Å². The van der Waals surface area contributed by atoms with Crippen LogP contribution in [0.25, 0.3) is 0 Å². The Kier molecular flexibility index (Phi) is 9.94. The number of nitro groups is 1. The Morgan fingerprint density at radius 2 is 1.70 bits per heavy atom. The number of ether oxygens (including phenoxy) is 1. The fourth-order valence-corrected chi connectivity index (χ4v) is 6.14. The van der Waals surface area contributed by atoms with Gasteiger partial charge >= 0.3 is 0 Å². The third-order valence-corrected chi connectivity index (χ3v) is 8.60. The summed E-state index contributed by atoms with van der Waals surface area (Å²) in [4.78, 5) is 22.8. The first kappa shape index (κ1) is 31.4. The number of nitrogens with zero attached hydrogens (tertiary/aromatic N) is 2. The molecule has 0 aliphatic heterocycles. The molecule has 4 rings (SSSR count). The molecule has 0 saturated carbocycles. The van der Waals surface area contributed by atoms with E-state index in [1.54, 1.807) is 24.3 Å². The minimum atomic E-state index is -4.43. The molecule has 0 saturated heterocycles. The maximum atomic E-state index is 15.1. The summed E-state index contributed by atoms with van der Waals surface area (Å²) < 4.78 is 63.7. The maximum absolute atomic E-state index is 15.1. The van der Waals surface area contributed by atoms with Gasteiger partial charge in [0.15, 0.2) is 0 Å². The quantitative estimate of drug-likeness (QED) is 0.106. The zero-order valence-corrected chi connectivity index (χ0v) is 24.3. The Bertz CT molecular complexity index is 1740. The fourth-order valence-electron chi connectivity index (χ4n) is 4.38. The van der Waals surface area contributed by atoms with Crippen molar-refractivity contribution in [3.8, 4) is 5.75 Å². The molecule has 1 unspecified atom stereocenters. The van der Waals surface area contributed by atoms with E-state index in [2.05, 4.69) is 5.32 Å². The van der Waals surface area contributed by atoms with E-state index in [-0.39, 0.29) is 35.0 Å². The molecule has 9 nitrogen and oxygen atoms in total. The lowest BCUT2D eigenvalue weighted by Gasteiger charge is -2.32. The first-order valence-corrected chi connectivity index (χ1v) is 14.8. The molecule has 0 spiro atoms. The predicted octanol–water partition coefficient (Wildman–Crippen LogP) is 6.68. The molecule has 0 heterocycles. The van der Waals surface area contributed by atoms with Crippen LogP contribution < -0.4 is 14.4 Å². The van der Waals surface area contributed by atoms with Gasteiger partial charge in [-0.25, -0.2) is 17.2 Å². The van der Waals surface area contributed by atoms with Crippen LogP contribution in [0.15, 0.2) is 95.9 Å². The third kappa shape index (κ3) is 7.27. The van der Waals surface area contributed by atoms with E-state index < -0.39 is 44.2 Å². The number of para-hydroxylation sites is 2. The third-order valence-electron chi connectivity index (χ3n) is 6.45. The second-order valence-corrected chi connectivity index (χ2v) is 11.5. The lowest BCUT2D eigenvalue weighted by Crippen LogP contribution is -2.34. The molecule has 4 aromatic rings. The highest BCUT2D eigenvalue weighted by Crippen LogP contribution is 2.38. The van der Waals surface area contributed by atoms with Crippen molar-refractivity contribution < 1.29 is 31.7 Å². The topological polar surface area (TPSA) is 119 Å². The molecule has 0 fully saturated rings. The monoisotopic (exact) mass is 629 g/mol. The highest BCUT2D eigenvalue weighted by molar-refractivity contribution is 7.92. The molecule has 1 N–H and O–H groups in total. The van der Waals surface area contributed by atoms with Gasteiger partial charge in [0.2, 0.25) is 0 Å². The minimum Gasteiger partial charge on any atom is -0.493 e. The van der Waals surface area contributed by atoms with Crippen molar-refractivity contribution in [2.24, 2.45) is 0 Å². The summed E-state index contributed by atoms with van der Waals surface area (Å²) in [5, 5.41) is 14.1. The van der Waals surface area contributed by atoms with Crippen molar-refractivity contribution in [2.45, 2.75) is 24.3 Å². The Hall–Kier alpha value is -4.55. The summed E-state index contributed by atoms with van der Waals surface area (Å²) in [6, 6.07) is 18.9. The first-order valence-electron chi connectivity index (χ1n) is 13.0. The number of carbonyl (C=O) groups is 1. The number of sulfonamides is 1. The standard InChI is InChI=1S/C30H26ClF2N3O6S/c1-20(35(28-19-22(32)13-16-26(28)33)43(40,41)23-14-11-21(31)12-15-23)24-7-3-5-10-29(24)42-18-6-17-34-30(37)25-8-2-4-9-27(25)36(38)39/h2-5,7-16,19-20H,6,17-18H2,1H3,(H,34,37). The van der Waals surface area contributed by atoms with Crippen LogP contribution in [0.3, 0.4) is 0 Å². The van der Waals surface area contributed by atoms with Crippen LogP contribution in [0, 0.1) is 21.7 Å². The minimum absolute atomic E-state index is 0.0702. The zero-order valence-electron chi connectivity index (χ0n) is 22.7. The largest absolute Gasteiger partial charge is 0.493 e. The number of anilines is 1. The van der Waals surface area contributed by atoms with E-state index in [0.717, 1.165) is 22.5 Å². The van der Waals surface area contributed by atoms with Gasteiger partial charge in [-0.05, 0) is 61.9 Å². The molecular weight excluding hydrogens is 604 g/mol. The number of benzene rings is 4.